The molecule has 0 saturated heterocycles. The van der Waals surface area contributed by atoms with Crippen LogP contribution in [0.5, 0.6) is 11.5 Å². The summed E-state index contributed by atoms with van der Waals surface area (Å²) in [5.74, 6) is 1.81. The first kappa shape index (κ1) is 27.8. The van der Waals surface area contributed by atoms with Crippen molar-refractivity contribution in [1.82, 2.24) is 0 Å². The quantitative estimate of drug-likeness (QED) is 0.322. The van der Waals surface area contributed by atoms with E-state index in [-0.39, 0.29) is 0 Å². The highest BCUT2D eigenvalue weighted by molar-refractivity contribution is 5.52. The van der Waals surface area contributed by atoms with Gasteiger partial charge < -0.3 is 9.47 Å². The normalized spacial score (nSPS) is 11.4. The Labute approximate surface area is 182 Å². The van der Waals surface area contributed by atoms with Gasteiger partial charge in [0.05, 0.1) is 0 Å². The van der Waals surface area contributed by atoms with E-state index in [0.717, 1.165) is 22.6 Å². The molecule has 0 saturated carbocycles. The standard InChI is InChI=1S/C9H10O2.2C9H20/c1-6-3-4-7(2)9-8(6)10-5-11-9;2*1-3-5-7-9-8-6-4-2/h3-4H,5H2,1-2H3;2*3-9H2,1-2H3. The first-order valence-electron chi connectivity index (χ1n) is 12.5. The van der Waals surface area contributed by atoms with E-state index in [1.165, 1.54) is 89.9 Å². The van der Waals surface area contributed by atoms with E-state index in [9.17, 15) is 0 Å². The zero-order chi connectivity index (χ0) is 21.7. The summed E-state index contributed by atoms with van der Waals surface area (Å²) in [5.41, 5.74) is 2.28. The molecule has 2 nitrogen and oxygen atoms in total. The Morgan fingerprint density at radius 1 is 0.517 bits per heavy atom. The lowest BCUT2D eigenvalue weighted by Crippen LogP contribution is -1.93. The van der Waals surface area contributed by atoms with Crippen LogP contribution in [0.3, 0.4) is 0 Å². The highest BCUT2D eigenvalue weighted by Gasteiger charge is 2.17. The predicted molar refractivity (Wildman–Crippen MR) is 129 cm³/mol. The summed E-state index contributed by atoms with van der Waals surface area (Å²) in [5, 5.41) is 0. The zero-order valence-electron chi connectivity index (χ0n) is 20.6. The molecule has 0 N–H and O–H groups in total. The molecule has 29 heavy (non-hydrogen) atoms. The highest BCUT2D eigenvalue weighted by atomic mass is 16.7. The molecule has 0 aromatic heterocycles. The Morgan fingerprint density at radius 2 is 0.793 bits per heavy atom. The van der Waals surface area contributed by atoms with Gasteiger partial charge >= 0.3 is 0 Å². The lowest BCUT2D eigenvalue weighted by molar-refractivity contribution is 0.173. The molecule has 1 aliphatic heterocycles. The third-order valence-corrected chi connectivity index (χ3v) is 5.33. The minimum atomic E-state index is 0.362. The molecule has 0 amide bonds. The lowest BCUT2D eigenvalue weighted by atomic mass is 10.1. The first-order chi connectivity index (χ1) is 14.1. The first-order valence-corrected chi connectivity index (χ1v) is 12.5. The van der Waals surface area contributed by atoms with Crippen LogP contribution in [0.2, 0.25) is 0 Å². The van der Waals surface area contributed by atoms with Gasteiger partial charge in [-0.1, -0.05) is 130 Å². The molecule has 1 aromatic rings. The Kier molecular flexibility index (Phi) is 19.3. The van der Waals surface area contributed by atoms with Crippen molar-refractivity contribution in [1.29, 1.82) is 0 Å². The fraction of sp³-hybridized carbons (Fsp3) is 0.778. The molecule has 0 unspecified atom stereocenters. The van der Waals surface area contributed by atoms with Crippen LogP contribution in [0.1, 0.15) is 129 Å². The fourth-order valence-electron chi connectivity index (χ4n) is 3.33. The Bertz CT molecular complexity index is 427. The summed E-state index contributed by atoms with van der Waals surface area (Å²) in [7, 11) is 0. The van der Waals surface area contributed by atoms with Crippen LogP contribution in [-0.2, 0) is 0 Å². The van der Waals surface area contributed by atoms with E-state index < -0.39 is 0 Å². The van der Waals surface area contributed by atoms with E-state index >= 15 is 0 Å². The van der Waals surface area contributed by atoms with Crippen molar-refractivity contribution in [2.75, 3.05) is 6.79 Å². The predicted octanol–water partition coefficient (Wildman–Crippen LogP) is 9.55. The van der Waals surface area contributed by atoms with Crippen LogP contribution < -0.4 is 9.47 Å². The Hall–Kier alpha value is -1.18. The monoisotopic (exact) mass is 406 g/mol. The Balaban J connectivity index is 0.000000411. The van der Waals surface area contributed by atoms with Crippen molar-refractivity contribution in [2.45, 2.75) is 131 Å². The minimum absolute atomic E-state index is 0.362. The van der Waals surface area contributed by atoms with Gasteiger partial charge in [-0.05, 0) is 25.0 Å². The maximum absolute atomic E-state index is 5.29. The van der Waals surface area contributed by atoms with Gasteiger partial charge in [-0.25, -0.2) is 0 Å². The van der Waals surface area contributed by atoms with E-state index in [4.69, 9.17) is 9.47 Å². The SMILES string of the molecule is CCCCCCCCC.CCCCCCCCC.Cc1ccc(C)c2c1OCO2. The molecule has 0 radical (unpaired) electrons. The Morgan fingerprint density at radius 3 is 1.07 bits per heavy atom. The summed E-state index contributed by atoms with van der Waals surface area (Å²) in [6, 6.07) is 4.09. The van der Waals surface area contributed by atoms with Crippen molar-refractivity contribution in [3.05, 3.63) is 23.3 Å². The molecule has 1 aromatic carbocycles. The van der Waals surface area contributed by atoms with Gasteiger partial charge in [-0.15, -0.1) is 0 Å². The van der Waals surface area contributed by atoms with Crippen LogP contribution >= 0.6 is 0 Å². The number of rotatable bonds is 12. The average Bonchev–Trinajstić information content (AvgIpc) is 3.23. The fourth-order valence-corrected chi connectivity index (χ4v) is 3.33. The molecule has 0 spiro atoms. The van der Waals surface area contributed by atoms with E-state index in [2.05, 4.69) is 27.7 Å². The van der Waals surface area contributed by atoms with Crippen LogP contribution in [0.25, 0.3) is 0 Å². The summed E-state index contributed by atoms with van der Waals surface area (Å²) >= 11 is 0. The topological polar surface area (TPSA) is 18.5 Å². The van der Waals surface area contributed by atoms with E-state index in [0.29, 0.717) is 6.79 Å². The number of fused-ring (bicyclic) bond motifs is 1. The number of benzene rings is 1. The zero-order valence-corrected chi connectivity index (χ0v) is 20.6. The maximum Gasteiger partial charge on any atom is 0.231 e. The second kappa shape index (κ2) is 20.1. The van der Waals surface area contributed by atoms with Gasteiger partial charge in [-0.2, -0.15) is 0 Å². The molecule has 0 atom stereocenters. The third-order valence-electron chi connectivity index (χ3n) is 5.33. The number of ether oxygens (including phenoxy) is 2. The van der Waals surface area contributed by atoms with Crippen molar-refractivity contribution in [2.24, 2.45) is 0 Å². The minimum Gasteiger partial charge on any atom is -0.453 e. The van der Waals surface area contributed by atoms with Gasteiger partial charge in [0.25, 0.3) is 0 Å². The molecule has 0 aliphatic carbocycles. The largest absolute Gasteiger partial charge is 0.453 e. The van der Waals surface area contributed by atoms with Gasteiger partial charge in [0.1, 0.15) is 0 Å². The van der Waals surface area contributed by atoms with Crippen molar-refractivity contribution < 1.29 is 9.47 Å². The van der Waals surface area contributed by atoms with Crippen LogP contribution in [0.15, 0.2) is 12.1 Å². The molecule has 1 heterocycles. The molecule has 0 fully saturated rings. The number of unbranched alkanes of at least 4 members (excludes halogenated alkanes) is 12. The van der Waals surface area contributed by atoms with Crippen LogP contribution in [0, 0.1) is 13.8 Å². The molecule has 170 valence electrons. The molecule has 0 bridgehead atoms. The second-order valence-electron chi connectivity index (χ2n) is 8.30. The molecular weight excluding hydrogens is 356 g/mol. The van der Waals surface area contributed by atoms with Gasteiger partial charge in [0.2, 0.25) is 6.79 Å². The molecular formula is C27H50O2. The van der Waals surface area contributed by atoms with E-state index in [1.807, 2.05) is 26.0 Å². The van der Waals surface area contributed by atoms with Crippen molar-refractivity contribution >= 4 is 0 Å². The lowest BCUT2D eigenvalue weighted by Gasteiger charge is -2.01. The van der Waals surface area contributed by atoms with Crippen molar-refractivity contribution in [3.8, 4) is 11.5 Å². The maximum atomic E-state index is 5.29. The van der Waals surface area contributed by atoms with E-state index in [1.54, 1.807) is 0 Å². The number of hydrogen-bond donors (Lipinski definition) is 0. The third kappa shape index (κ3) is 14.4. The smallest absolute Gasteiger partial charge is 0.231 e. The summed E-state index contributed by atoms with van der Waals surface area (Å²) in [6.07, 6.45) is 19.9. The van der Waals surface area contributed by atoms with Gasteiger partial charge in [0, 0.05) is 0 Å². The summed E-state index contributed by atoms with van der Waals surface area (Å²) in [6.45, 7) is 13.5. The average molecular weight is 407 g/mol. The van der Waals surface area contributed by atoms with Gasteiger partial charge in [0.15, 0.2) is 11.5 Å². The van der Waals surface area contributed by atoms with Crippen LogP contribution in [-0.4, -0.2) is 6.79 Å². The number of hydrogen-bond acceptors (Lipinski definition) is 2. The summed E-state index contributed by atoms with van der Waals surface area (Å²) < 4.78 is 10.6. The van der Waals surface area contributed by atoms with Crippen LogP contribution in [0.4, 0.5) is 0 Å². The number of aryl methyl sites for hydroxylation is 2. The highest BCUT2D eigenvalue weighted by Crippen LogP contribution is 2.37. The van der Waals surface area contributed by atoms with Crippen molar-refractivity contribution in [3.63, 3.8) is 0 Å². The summed E-state index contributed by atoms with van der Waals surface area (Å²) in [4.78, 5) is 0. The molecule has 2 heteroatoms. The molecule has 2 rings (SSSR count). The second-order valence-corrected chi connectivity index (χ2v) is 8.30. The van der Waals surface area contributed by atoms with Gasteiger partial charge in [-0.3, -0.25) is 0 Å². The molecule has 1 aliphatic rings.